The first-order valence-corrected chi connectivity index (χ1v) is 5.51. The van der Waals surface area contributed by atoms with Gasteiger partial charge in [-0.3, -0.25) is 14.5 Å². The summed E-state index contributed by atoms with van der Waals surface area (Å²) in [5.41, 5.74) is -4.40. The first kappa shape index (κ1) is 14.3. The number of alkyl halides is 3. The number of nitrogens with zero attached hydrogens (tertiary/aromatic N) is 1. The van der Waals surface area contributed by atoms with Gasteiger partial charge in [0.2, 0.25) is 0 Å². The summed E-state index contributed by atoms with van der Waals surface area (Å²) in [5.74, 6) is -2.50. The average molecular weight is 289 g/mol. The van der Waals surface area contributed by atoms with Crippen LogP contribution < -0.4 is 4.90 Å². The van der Waals surface area contributed by atoms with Crippen LogP contribution in [0.4, 0.5) is 18.9 Å². The highest BCUT2D eigenvalue weighted by Crippen LogP contribution is 2.49. The van der Waals surface area contributed by atoms with Crippen LogP contribution in [0.15, 0.2) is 24.3 Å². The maximum absolute atomic E-state index is 13.1. The van der Waals surface area contributed by atoms with Crippen LogP contribution in [0.1, 0.15) is 5.56 Å². The van der Waals surface area contributed by atoms with Crippen LogP contribution in [0.2, 0.25) is 0 Å². The Morgan fingerprint density at radius 3 is 2.55 bits per heavy atom. The van der Waals surface area contributed by atoms with Crippen LogP contribution in [0, 0.1) is 0 Å². The van der Waals surface area contributed by atoms with Crippen molar-refractivity contribution in [3.63, 3.8) is 0 Å². The second-order valence-corrected chi connectivity index (χ2v) is 4.19. The Morgan fingerprint density at radius 2 is 2.00 bits per heavy atom. The molecule has 1 amide bonds. The SMILES string of the molecule is COC(=O)CN1C(=O)[C@](O)(C(F)(F)F)c2ccccc21. The third-order valence-corrected chi connectivity index (χ3v) is 3.06. The summed E-state index contributed by atoms with van der Waals surface area (Å²) >= 11 is 0. The van der Waals surface area contributed by atoms with Crippen molar-refractivity contribution in [1.29, 1.82) is 0 Å². The van der Waals surface area contributed by atoms with Crippen LogP contribution in [0.25, 0.3) is 0 Å². The van der Waals surface area contributed by atoms with E-state index >= 15 is 0 Å². The number of anilines is 1. The lowest BCUT2D eigenvalue weighted by Gasteiger charge is -2.25. The van der Waals surface area contributed by atoms with E-state index in [1.807, 2.05) is 0 Å². The quantitative estimate of drug-likeness (QED) is 0.823. The number of methoxy groups -OCH3 is 1. The van der Waals surface area contributed by atoms with Gasteiger partial charge in [0, 0.05) is 5.56 Å². The summed E-state index contributed by atoms with van der Waals surface area (Å²) in [6.07, 6.45) is -5.19. The number of aliphatic hydroxyl groups is 1. The zero-order chi connectivity index (χ0) is 15.1. The molecule has 1 N–H and O–H groups in total. The number of esters is 1. The van der Waals surface area contributed by atoms with Crippen molar-refractivity contribution in [3.05, 3.63) is 29.8 Å². The molecule has 0 unspecified atom stereocenters. The molecule has 0 aromatic heterocycles. The van der Waals surface area contributed by atoms with Crippen molar-refractivity contribution in [1.82, 2.24) is 0 Å². The molecule has 108 valence electrons. The van der Waals surface area contributed by atoms with Crippen molar-refractivity contribution < 1.29 is 32.6 Å². The van der Waals surface area contributed by atoms with Crippen LogP contribution in [0.3, 0.4) is 0 Å². The molecular formula is C12H10F3NO4. The van der Waals surface area contributed by atoms with Crippen molar-refractivity contribution in [3.8, 4) is 0 Å². The molecular weight excluding hydrogens is 279 g/mol. The summed E-state index contributed by atoms with van der Waals surface area (Å²) in [7, 11) is 1.05. The molecule has 1 aliphatic heterocycles. The molecule has 0 fully saturated rings. The lowest BCUT2D eigenvalue weighted by Crippen LogP contribution is -2.51. The lowest BCUT2D eigenvalue weighted by molar-refractivity contribution is -0.253. The molecule has 0 saturated heterocycles. The second-order valence-electron chi connectivity index (χ2n) is 4.19. The van der Waals surface area contributed by atoms with Crippen LogP contribution in [0.5, 0.6) is 0 Å². The van der Waals surface area contributed by atoms with E-state index in [4.69, 9.17) is 0 Å². The molecule has 1 aliphatic rings. The fourth-order valence-electron chi connectivity index (χ4n) is 2.06. The number of fused-ring (bicyclic) bond motifs is 1. The highest BCUT2D eigenvalue weighted by Gasteiger charge is 2.66. The van der Waals surface area contributed by atoms with Crippen molar-refractivity contribution in [2.24, 2.45) is 0 Å². The number of rotatable bonds is 2. The number of hydrogen-bond donors (Lipinski definition) is 1. The average Bonchev–Trinajstić information content (AvgIpc) is 2.62. The number of ether oxygens (including phenoxy) is 1. The minimum absolute atomic E-state index is 0.164. The Kier molecular flexibility index (Phi) is 3.21. The van der Waals surface area contributed by atoms with Gasteiger partial charge in [0.05, 0.1) is 12.8 Å². The van der Waals surface area contributed by atoms with E-state index in [1.165, 1.54) is 18.2 Å². The lowest BCUT2D eigenvalue weighted by atomic mass is 9.95. The topological polar surface area (TPSA) is 66.8 Å². The standard InChI is InChI=1S/C12H10F3NO4/c1-20-9(17)6-16-8-5-3-2-4-7(8)11(19,10(16)18)12(13,14)15/h2-5,19H,6H2,1H3/t11-/m0/s1. The molecule has 1 aromatic rings. The molecule has 1 atom stereocenters. The largest absolute Gasteiger partial charge is 0.468 e. The number of benzene rings is 1. The molecule has 20 heavy (non-hydrogen) atoms. The molecule has 2 rings (SSSR count). The van der Waals surface area contributed by atoms with Gasteiger partial charge in [-0.1, -0.05) is 18.2 Å². The second kappa shape index (κ2) is 4.48. The predicted octanol–water partition coefficient (Wildman–Crippen LogP) is 0.956. The molecule has 1 aromatic carbocycles. The van der Waals surface area contributed by atoms with E-state index in [0.29, 0.717) is 4.90 Å². The molecule has 0 spiro atoms. The number of carbonyl (C=O) groups is 2. The number of halogens is 3. The van der Waals surface area contributed by atoms with E-state index in [2.05, 4.69) is 4.74 Å². The zero-order valence-corrected chi connectivity index (χ0v) is 10.3. The minimum atomic E-state index is -5.19. The summed E-state index contributed by atoms with van der Waals surface area (Å²) < 4.78 is 43.5. The fourth-order valence-corrected chi connectivity index (χ4v) is 2.06. The molecule has 0 radical (unpaired) electrons. The Labute approximate surface area is 111 Å². The van der Waals surface area contributed by atoms with Gasteiger partial charge < -0.3 is 9.84 Å². The first-order chi connectivity index (χ1) is 9.23. The normalized spacial score (nSPS) is 21.9. The molecule has 0 bridgehead atoms. The highest BCUT2D eigenvalue weighted by atomic mass is 19.4. The predicted molar refractivity (Wildman–Crippen MR) is 60.8 cm³/mol. The van der Waals surface area contributed by atoms with E-state index in [1.54, 1.807) is 0 Å². The van der Waals surface area contributed by atoms with Gasteiger partial charge >= 0.3 is 12.1 Å². The monoisotopic (exact) mass is 289 g/mol. The van der Waals surface area contributed by atoms with Gasteiger partial charge in [-0.05, 0) is 6.07 Å². The molecule has 0 saturated carbocycles. The Hall–Kier alpha value is -2.09. The van der Waals surface area contributed by atoms with Gasteiger partial charge in [-0.15, -0.1) is 0 Å². The molecule has 0 aliphatic carbocycles. The smallest absolute Gasteiger partial charge is 0.430 e. The van der Waals surface area contributed by atoms with Gasteiger partial charge in [0.15, 0.2) is 0 Å². The van der Waals surface area contributed by atoms with E-state index in [-0.39, 0.29) is 5.69 Å². The number of hydrogen-bond acceptors (Lipinski definition) is 4. The van der Waals surface area contributed by atoms with Crippen LogP contribution in [-0.4, -0.2) is 36.8 Å². The zero-order valence-electron chi connectivity index (χ0n) is 10.3. The van der Waals surface area contributed by atoms with E-state index in [9.17, 15) is 27.9 Å². The summed E-state index contributed by atoms with van der Waals surface area (Å²) in [5, 5.41) is 9.84. The maximum atomic E-state index is 13.1. The minimum Gasteiger partial charge on any atom is -0.468 e. The Bertz CT molecular complexity index is 572. The van der Waals surface area contributed by atoms with Crippen molar-refractivity contribution in [2.75, 3.05) is 18.6 Å². The van der Waals surface area contributed by atoms with Gasteiger partial charge in [-0.2, -0.15) is 13.2 Å². The first-order valence-electron chi connectivity index (χ1n) is 5.51. The highest BCUT2D eigenvalue weighted by molar-refractivity contribution is 6.09. The van der Waals surface area contributed by atoms with Crippen LogP contribution >= 0.6 is 0 Å². The van der Waals surface area contributed by atoms with Gasteiger partial charge in [0.25, 0.3) is 11.5 Å². The van der Waals surface area contributed by atoms with Crippen molar-refractivity contribution in [2.45, 2.75) is 11.8 Å². The summed E-state index contributed by atoms with van der Waals surface area (Å²) in [6, 6.07) is 4.89. The summed E-state index contributed by atoms with van der Waals surface area (Å²) in [4.78, 5) is 23.7. The Morgan fingerprint density at radius 1 is 1.40 bits per heavy atom. The van der Waals surface area contributed by atoms with E-state index in [0.717, 1.165) is 13.2 Å². The Balaban J connectivity index is 2.56. The van der Waals surface area contributed by atoms with E-state index < -0.39 is 35.8 Å². The van der Waals surface area contributed by atoms with Crippen molar-refractivity contribution >= 4 is 17.6 Å². The number of para-hydroxylation sites is 1. The van der Waals surface area contributed by atoms with Crippen LogP contribution in [-0.2, 0) is 19.9 Å². The maximum Gasteiger partial charge on any atom is 0.430 e. The number of amides is 1. The third kappa shape index (κ3) is 1.83. The molecule has 5 nitrogen and oxygen atoms in total. The molecule has 1 heterocycles. The molecule has 8 heteroatoms. The third-order valence-electron chi connectivity index (χ3n) is 3.06. The number of carbonyl (C=O) groups excluding carboxylic acids is 2. The fraction of sp³-hybridized carbons (Fsp3) is 0.333. The van der Waals surface area contributed by atoms with Gasteiger partial charge in [-0.25, -0.2) is 0 Å². The van der Waals surface area contributed by atoms with Gasteiger partial charge in [0.1, 0.15) is 6.54 Å². The summed E-state index contributed by atoms with van der Waals surface area (Å²) in [6.45, 7) is -0.704.